The molecule has 0 aliphatic carbocycles. The summed E-state index contributed by atoms with van der Waals surface area (Å²) in [6, 6.07) is -0.821. The minimum Gasteiger partial charge on any atom is -0.394 e. The summed E-state index contributed by atoms with van der Waals surface area (Å²) < 4.78 is 5.16. The van der Waals surface area contributed by atoms with E-state index in [1.54, 1.807) is 6.92 Å². The minimum atomic E-state index is -1.23. The molecule has 7 nitrogen and oxygen atoms in total. The molecule has 1 fully saturated rings. The second-order valence-corrected chi connectivity index (χ2v) is 3.24. The summed E-state index contributed by atoms with van der Waals surface area (Å²) in [6.07, 6.45) is -3.79. The number of azide groups is 1. The molecule has 0 saturated carbocycles. The molecule has 1 aliphatic heterocycles. The second-order valence-electron chi connectivity index (χ2n) is 3.24. The van der Waals surface area contributed by atoms with E-state index in [0.717, 1.165) is 0 Å². The standard InChI is InChI=1S/C7H13N3O4.C2H6.3Ac/c1-3-5(9-10-8)7(13)6(12)4(2-11)14-3;1-2;;;/h3-7,11-13H,2H2,1H3;1-2H3;;;/t3-,4+,5?,6?,7?;;;;/m0..../s1. The summed E-state index contributed by atoms with van der Waals surface area (Å²) in [5.41, 5.74) is 8.22. The van der Waals surface area contributed by atoms with E-state index in [9.17, 15) is 10.2 Å². The Morgan fingerprint density at radius 1 is 1.16 bits per heavy atom. The fourth-order valence-electron chi connectivity index (χ4n) is 1.51. The van der Waals surface area contributed by atoms with Gasteiger partial charge >= 0.3 is 0 Å². The van der Waals surface area contributed by atoms with Crippen molar-refractivity contribution in [3.8, 4) is 0 Å². The van der Waals surface area contributed by atoms with Crippen LogP contribution in [0, 0.1) is 132 Å². The molecule has 3 unspecified atom stereocenters. The van der Waals surface area contributed by atoms with Crippen LogP contribution in [-0.4, -0.2) is 52.4 Å². The third kappa shape index (κ3) is 10.0. The maximum Gasteiger partial charge on any atom is 0.109 e. The number of ether oxygens (including phenoxy) is 1. The quantitative estimate of drug-likeness (QED) is 0.209. The smallest absolute Gasteiger partial charge is 0.109 e. The van der Waals surface area contributed by atoms with Crippen LogP contribution in [0.1, 0.15) is 20.8 Å². The average Bonchev–Trinajstić information content (AvgIpc) is 2.32. The van der Waals surface area contributed by atoms with Gasteiger partial charge < -0.3 is 20.1 Å². The zero-order chi connectivity index (χ0) is 12.7. The molecule has 103 valence electrons. The Bertz CT molecular complexity index is 257. The molecular formula is C9H19Ac3N3O4. The number of hydrogen-bond acceptors (Lipinski definition) is 5. The molecule has 0 bridgehead atoms. The molecule has 19 heavy (non-hydrogen) atoms. The monoisotopic (exact) mass is 914 g/mol. The number of aliphatic hydroxyl groups excluding tert-OH is 3. The molecule has 0 aromatic carbocycles. The zero-order valence-corrected chi connectivity index (χ0v) is 25.7. The molecule has 0 aromatic rings. The summed E-state index contributed by atoms with van der Waals surface area (Å²) in [6.45, 7) is 5.22. The van der Waals surface area contributed by atoms with E-state index in [-0.39, 0.29) is 139 Å². The van der Waals surface area contributed by atoms with Gasteiger partial charge in [-0.1, -0.05) is 19.0 Å². The van der Waals surface area contributed by atoms with Crippen molar-refractivity contribution >= 4 is 0 Å². The fraction of sp³-hybridized carbons (Fsp3) is 1.00. The van der Waals surface area contributed by atoms with Crippen molar-refractivity contribution < 1.29 is 152 Å². The summed E-state index contributed by atoms with van der Waals surface area (Å²) in [5.74, 6) is 0. The molecule has 1 heterocycles. The van der Waals surface area contributed by atoms with Gasteiger partial charge in [-0.05, 0) is 12.5 Å². The Kier molecular flexibility index (Phi) is 28.5. The first-order valence-corrected chi connectivity index (χ1v) is 5.28. The summed E-state index contributed by atoms with van der Waals surface area (Å²) in [7, 11) is 0. The van der Waals surface area contributed by atoms with Crippen molar-refractivity contribution in [1.82, 2.24) is 0 Å². The number of rotatable bonds is 2. The van der Waals surface area contributed by atoms with Crippen LogP contribution >= 0.6 is 0 Å². The van der Waals surface area contributed by atoms with E-state index in [4.69, 9.17) is 15.4 Å². The van der Waals surface area contributed by atoms with Gasteiger partial charge in [0.05, 0.1) is 24.9 Å². The van der Waals surface area contributed by atoms with Crippen molar-refractivity contribution in [1.29, 1.82) is 0 Å². The molecule has 1 aliphatic rings. The Morgan fingerprint density at radius 2 is 1.63 bits per heavy atom. The van der Waals surface area contributed by atoms with Gasteiger partial charge in [-0.25, -0.2) is 0 Å². The van der Waals surface area contributed by atoms with Crippen LogP contribution in [0.5, 0.6) is 0 Å². The topological polar surface area (TPSA) is 119 Å². The van der Waals surface area contributed by atoms with Crippen molar-refractivity contribution in [2.24, 2.45) is 5.11 Å². The van der Waals surface area contributed by atoms with Crippen LogP contribution in [0.2, 0.25) is 0 Å². The van der Waals surface area contributed by atoms with Crippen LogP contribution in [0.15, 0.2) is 5.11 Å². The van der Waals surface area contributed by atoms with E-state index >= 15 is 0 Å². The van der Waals surface area contributed by atoms with Crippen LogP contribution in [-0.2, 0) is 4.74 Å². The van der Waals surface area contributed by atoms with Gasteiger partial charge in [-0.3, -0.25) is 0 Å². The predicted molar refractivity (Wildman–Crippen MR) is 57.7 cm³/mol. The Labute approximate surface area is 220 Å². The first-order chi connectivity index (χ1) is 7.61. The average molecular weight is 914 g/mol. The van der Waals surface area contributed by atoms with Crippen LogP contribution in [0.4, 0.5) is 0 Å². The van der Waals surface area contributed by atoms with Crippen LogP contribution in [0.3, 0.4) is 0 Å². The largest absolute Gasteiger partial charge is 0.394 e. The van der Waals surface area contributed by atoms with Gasteiger partial charge in [0.25, 0.3) is 0 Å². The molecule has 0 amide bonds. The molecule has 1 rings (SSSR count). The van der Waals surface area contributed by atoms with Crippen LogP contribution < -0.4 is 0 Å². The number of aliphatic hydroxyl groups is 3. The van der Waals surface area contributed by atoms with Crippen molar-refractivity contribution in [2.45, 2.75) is 51.2 Å². The summed E-state index contributed by atoms with van der Waals surface area (Å²) in [4.78, 5) is 2.56. The number of nitrogens with zero attached hydrogens (tertiary/aromatic N) is 3. The minimum absolute atomic E-state index is 0. The fourth-order valence-corrected chi connectivity index (χ4v) is 1.51. The van der Waals surface area contributed by atoms with E-state index in [1.165, 1.54) is 0 Å². The van der Waals surface area contributed by atoms with E-state index in [1.807, 2.05) is 13.8 Å². The van der Waals surface area contributed by atoms with Gasteiger partial charge in [0.2, 0.25) is 0 Å². The molecule has 0 spiro atoms. The van der Waals surface area contributed by atoms with Gasteiger partial charge in [0.1, 0.15) is 12.2 Å². The van der Waals surface area contributed by atoms with Crippen molar-refractivity contribution in [3.05, 3.63) is 10.4 Å². The van der Waals surface area contributed by atoms with Crippen molar-refractivity contribution in [2.75, 3.05) is 6.61 Å². The Morgan fingerprint density at radius 3 is 2.00 bits per heavy atom. The Balaban J connectivity index is -0.000000214. The SMILES string of the molecule is CC.C[C@@H]1O[C@H](CO)C(O)C(O)C1N=[N+]=[N-].[Ac].[Ac].[Ac]. The van der Waals surface area contributed by atoms with Gasteiger partial charge in [-0.15, -0.1) is 0 Å². The molecule has 3 N–H and O–H groups in total. The summed E-state index contributed by atoms with van der Waals surface area (Å²) >= 11 is 0. The maximum absolute atomic E-state index is 9.53. The molecule has 5 atom stereocenters. The van der Waals surface area contributed by atoms with Crippen LogP contribution in [0.25, 0.3) is 10.4 Å². The zero-order valence-electron chi connectivity index (χ0n) is 11.4. The van der Waals surface area contributed by atoms with Gasteiger partial charge in [0.15, 0.2) is 0 Å². The molecule has 0 aromatic heterocycles. The van der Waals surface area contributed by atoms with Gasteiger partial charge in [0, 0.05) is 137 Å². The number of hydrogen-bond donors (Lipinski definition) is 3. The van der Waals surface area contributed by atoms with E-state index in [0.29, 0.717) is 0 Å². The second kappa shape index (κ2) is 17.8. The van der Waals surface area contributed by atoms with Gasteiger partial charge in [-0.2, -0.15) is 0 Å². The third-order valence-corrected chi connectivity index (χ3v) is 2.32. The normalized spacial score (nSPS) is 32.0. The molecule has 1 saturated heterocycles. The summed E-state index contributed by atoms with van der Waals surface area (Å²) in [5, 5.41) is 31.1. The molecule has 3 radical (unpaired) electrons. The third-order valence-electron chi connectivity index (χ3n) is 2.32. The maximum atomic E-state index is 9.53. The first kappa shape index (κ1) is 30.4. The van der Waals surface area contributed by atoms with Crippen molar-refractivity contribution in [3.63, 3.8) is 0 Å². The van der Waals surface area contributed by atoms with E-state index < -0.39 is 30.5 Å². The Hall–Kier alpha value is 3.47. The predicted octanol–water partition coefficient (Wildman–Crippen LogP) is 0.193. The first-order valence-electron chi connectivity index (χ1n) is 5.28. The molecular weight excluding hydrogens is 895 g/mol. The molecule has 10 heteroatoms. The van der Waals surface area contributed by atoms with E-state index in [2.05, 4.69) is 10.0 Å².